The average molecular weight is 532 g/mol. The Hall–Kier alpha value is -4.18. The first kappa shape index (κ1) is 25.5. The van der Waals surface area contributed by atoms with Gasteiger partial charge in [0.1, 0.15) is 11.6 Å². The predicted octanol–water partition coefficient (Wildman–Crippen LogP) is 4.42. The molecule has 0 bridgehead atoms. The highest BCUT2D eigenvalue weighted by atomic mass is 32.2. The first-order valence-corrected chi connectivity index (χ1v) is 13.2. The Balaban J connectivity index is 1.35. The zero-order chi connectivity index (χ0) is 26.5. The van der Waals surface area contributed by atoms with Crippen molar-refractivity contribution in [3.05, 3.63) is 95.6 Å². The van der Waals surface area contributed by atoms with Crippen molar-refractivity contribution in [3.8, 4) is 11.4 Å². The minimum absolute atomic E-state index is 0.0119. The fourth-order valence-corrected chi connectivity index (χ4v) is 5.17. The lowest BCUT2D eigenvalue weighted by Gasteiger charge is -2.17. The monoisotopic (exact) mass is 531 g/mol. The van der Waals surface area contributed by atoms with Crippen molar-refractivity contribution in [2.24, 2.45) is 0 Å². The maximum atomic E-state index is 13.6. The van der Waals surface area contributed by atoms with Crippen molar-refractivity contribution in [3.63, 3.8) is 0 Å². The van der Waals surface area contributed by atoms with Crippen LogP contribution in [0.2, 0.25) is 0 Å². The van der Waals surface area contributed by atoms with Crippen LogP contribution >= 0.6 is 11.8 Å². The lowest BCUT2D eigenvalue weighted by molar-refractivity contribution is -0.116. The molecule has 1 N–H and O–H groups in total. The molecule has 2 amide bonds. The molecule has 0 atom stereocenters. The van der Waals surface area contributed by atoms with Gasteiger partial charge in [-0.2, -0.15) is 0 Å². The number of aromatic nitrogens is 3. The molecule has 2 heterocycles. The summed E-state index contributed by atoms with van der Waals surface area (Å²) in [5, 5.41) is 11.9. The molecular weight excluding hydrogens is 505 g/mol. The van der Waals surface area contributed by atoms with Crippen LogP contribution in [0.1, 0.15) is 28.7 Å². The van der Waals surface area contributed by atoms with Gasteiger partial charge in [-0.05, 0) is 67.4 Å². The van der Waals surface area contributed by atoms with Crippen LogP contribution in [0.4, 0.5) is 10.1 Å². The number of benzene rings is 3. The zero-order valence-corrected chi connectivity index (χ0v) is 21.6. The molecule has 0 aliphatic carbocycles. The SMILES string of the molecule is CCOc1ccc(-n2c(CNC(=O)c3cccc(F)c3)nnc2SCC(=O)N2CCc3ccccc32)cc1. The van der Waals surface area contributed by atoms with E-state index in [1.54, 1.807) is 15.5 Å². The van der Waals surface area contributed by atoms with Crippen molar-refractivity contribution in [1.29, 1.82) is 0 Å². The molecule has 1 aromatic heterocycles. The summed E-state index contributed by atoms with van der Waals surface area (Å²) in [5.74, 6) is 0.450. The van der Waals surface area contributed by atoms with Crippen molar-refractivity contribution in [1.82, 2.24) is 20.1 Å². The summed E-state index contributed by atoms with van der Waals surface area (Å²) in [6.07, 6.45) is 0.837. The van der Waals surface area contributed by atoms with Crippen LogP contribution in [0.25, 0.3) is 5.69 Å². The van der Waals surface area contributed by atoms with Gasteiger partial charge in [-0.25, -0.2) is 4.39 Å². The number of hydrogen-bond acceptors (Lipinski definition) is 6. The van der Waals surface area contributed by atoms with Crippen LogP contribution in [0, 0.1) is 5.82 Å². The van der Waals surface area contributed by atoms with E-state index in [1.807, 2.05) is 55.5 Å². The number of ether oxygens (including phenoxy) is 1. The Morgan fingerprint density at radius 1 is 1.05 bits per heavy atom. The maximum Gasteiger partial charge on any atom is 0.251 e. The number of nitrogens with zero attached hydrogens (tertiary/aromatic N) is 4. The summed E-state index contributed by atoms with van der Waals surface area (Å²) >= 11 is 1.28. The predicted molar refractivity (Wildman–Crippen MR) is 143 cm³/mol. The fourth-order valence-electron chi connectivity index (χ4n) is 4.32. The molecule has 0 spiro atoms. The summed E-state index contributed by atoms with van der Waals surface area (Å²) < 4.78 is 20.9. The highest BCUT2D eigenvalue weighted by Gasteiger charge is 2.25. The topological polar surface area (TPSA) is 89.3 Å². The number of hydrogen-bond donors (Lipinski definition) is 1. The molecule has 0 radical (unpaired) electrons. The van der Waals surface area contributed by atoms with E-state index in [-0.39, 0.29) is 23.8 Å². The van der Waals surface area contributed by atoms with E-state index >= 15 is 0 Å². The van der Waals surface area contributed by atoms with Crippen molar-refractivity contribution < 1.29 is 18.7 Å². The third kappa shape index (κ3) is 5.55. The van der Waals surface area contributed by atoms with E-state index in [0.29, 0.717) is 24.1 Å². The van der Waals surface area contributed by atoms with E-state index in [2.05, 4.69) is 15.5 Å². The zero-order valence-electron chi connectivity index (χ0n) is 20.8. The number of para-hydroxylation sites is 1. The minimum Gasteiger partial charge on any atom is -0.494 e. The van der Waals surface area contributed by atoms with Crippen LogP contribution in [-0.2, 0) is 17.8 Å². The number of anilines is 1. The summed E-state index contributed by atoms with van der Waals surface area (Å²) in [6, 6.07) is 20.8. The minimum atomic E-state index is -0.487. The van der Waals surface area contributed by atoms with Gasteiger partial charge in [-0.1, -0.05) is 36.0 Å². The first-order chi connectivity index (χ1) is 18.5. The van der Waals surface area contributed by atoms with Crippen LogP contribution in [0.5, 0.6) is 5.75 Å². The summed E-state index contributed by atoms with van der Waals surface area (Å²) in [4.78, 5) is 27.5. The normalized spacial score (nSPS) is 12.3. The number of halogens is 1. The molecule has 0 saturated carbocycles. The number of carbonyl (C=O) groups excluding carboxylic acids is 2. The number of thioether (sulfide) groups is 1. The van der Waals surface area contributed by atoms with Gasteiger partial charge in [-0.3, -0.25) is 14.2 Å². The molecule has 1 aliphatic rings. The third-order valence-electron chi connectivity index (χ3n) is 6.11. The summed E-state index contributed by atoms with van der Waals surface area (Å²) in [5.41, 5.74) is 3.09. The van der Waals surface area contributed by atoms with Gasteiger partial charge >= 0.3 is 0 Å². The van der Waals surface area contributed by atoms with Gasteiger partial charge < -0.3 is 15.0 Å². The molecule has 4 aromatic rings. The van der Waals surface area contributed by atoms with E-state index in [4.69, 9.17) is 4.74 Å². The van der Waals surface area contributed by atoms with Crippen molar-refractivity contribution in [2.75, 3.05) is 23.8 Å². The highest BCUT2D eigenvalue weighted by molar-refractivity contribution is 7.99. The molecule has 5 rings (SSSR count). The molecule has 3 aromatic carbocycles. The lowest BCUT2D eigenvalue weighted by Crippen LogP contribution is -2.30. The molecule has 0 fully saturated rings. The molecule has 1 aliphatic heterocycles. The molecule has 194 valence electrons. The number of amides is 2. The molecule has 0 unspecified atom stereocenters. The van der Waals surface area contributed by atoms with E-state index in [9.17, 15) is 14.0 Å². The second-order valence-electron chi connectivity index (χ2n) is 8.57. The molecule has 0 saturated heterocycles. The largest absolute Gasteiger partial charge is 0.494 e. The Labute approximate surface area is 223 Å². The van der Waals surface area contributed by atoms with Gasteiger partial charge in [0.2, 0.25) is 5.91 Å². The molecule has 38 heavy (non-hydrogen) atoms. The number of carbonyl (C=O) groups is 2. The van der Waals surface area contributed by atoms with Gasteiger partial charge in [0.05, 0.1) is 18.9 Å². The van der Waals surface area contributed by atoms with Crippen LogP contribution in [0.15, 0.2) is 78.0 Å². The Morgan fingerprint density at radius 2 is 1.87 bits per heavy atom. The van der Waals surface area contributed by atoms with Gasteiger partial charge in [-0.15, -0.1) is 10.2 Å². The van der Waals surface area contributed by atoms with Gasteiger partial charge in [0.25, 0.3) is 5.91 Å². The number of nitrogens with one attached hydrogen (secondary N) is 1. The summed E-state index contributed by atoms with van der Waals surface area (Å²) in [6.45, 7) is 3.18. The molecule has 8 nitrogen and oxygen atoms in total. The fraction of sp³-hybridized carbons (Fsp3) is 0.214. The third-order valence-corrected chi connectivity index (χ3v) is 7.03. The van der Waals surface area contributed by atoms with E-state index in [1.165, 1.54) is 35.5 Å². The van der Waals surface area contributed by atoms with Crippen LogP contribution in [-0.4, -0.2) is 45.5 Å². The van der Waals surface area contributed by atoms with E-state index in [0.717, 1.165) is 23.5 Å². The second-order valence-corrected chi connectivity index (χ2v) is 9.51. The first-order valence-electron chi connectivity index (χ1n) is 12.3. The number of fused-ring (bicyclic) bond motifs is 1. The Kier molecular flexibility index (Phi) is 7.69. The Morgan fingerprint density at radius 3 is 2.66 bits per heavy atom. The van der Waals surface area contributed by atoms with E-state index < -0.39 is 11.7 Å². The van der Waals surface area contributed by atoms with Gasteiger partial charge in [0, 0.05) is 23.5 Å². The maximum absolute atomic E-state index is 13.6. The van der Waals surface area contributed by atoms with Crippen molar-refractivity contribution in [2.45, 2.75) is 25.0 Å². The lowest BCUT2D eigenvalue weighted by atomic mass is 10.2. The molecule has 10 heteroatoms. The standard InChI is InChI=1S/C28H26FN5O3S/c1-2-37-23-12-10-22(11-13-23)34-25(17-30-27(36)20-7-5-8-21(29)16-20)31-32-28(34)38-18-26(35)33-15-14-19-6-3-4-9-24(19)33/h3-13,16H,2,14-15,17-18H2,1H3,(H,30,36). The Bertz CT molecular complexity index is 1460. The molecular formula is C28H26FN5O3S. The van der Waals surface area contributed by atoms with Crippen LogP contribution < -0.4 is 15.0 Å². The van der Waals surface area contributed by atoms with Crippen LogP contribution in [0.3, 0.4) is 0 Å². The average Bonchev–Trinajstić information content (AvgIpc) is 3.55. The van der Waals surface area contributed by atoms with Crippen molar-refractivity contribution >= 4 is 29.3 Å². The number of rotatable bonds is 9. The van der Waals surface area contributed by atoms with Gasteiger partial charge in [0.15, 0.2) is 11.0 Å². The summed E-state index contributed by atoms with van der Waals surface area (Å²) in [7, 11) is 0. The smallest absolute Gasteiger partial charge is 0.251 e. The highest BCUT2D eigenvalue weighted by Crippen LogP contribution is 2.29. The quantitative estimate of drug-likeness (QED) is 0.322. The second kappa shape index (κ2) is 11.5.